The summed E-state index contributed by atoms with van der Waals surface area (Å²) in [6, 6.07) is 15.6. The molecule has 1 aliphatic heterocycles. The minimum absolute atomic E-state index is 0.272. The fraction of sp³-hybridized carbons (Fsp3) is 0.222. The summed E-state index contributed by atoms with van der Waals surface area (Å²) < 4.78 is 39.3. The molecule has 6 heteroatoms. The van der Waals surface area contributed by atoms with Crippen LogP contribution in [0.15, 0.2) is 60.0 Å². The van der Waals surface area contributed by atoms with E-state index in [1.165, 1.54) is 21.8 Å². The minimum atomic E-state index is -3.43. The fourth-order valence-corrected chi connectivity index (χ4v) is 3.84. The van der Waals surface area contributed by atoms with Gasteiger partial charge in [-0.25, -0.2) is 12.8 Å². The van der Waals surface area contributed by atoms with Crippen molar-refractivity contribution >= 4 is 21.8 Å². The molecule has 126 valence electrons. The van der Waals surface area contributed by atoms with Gasteiger partial charge in [0.05, 0.1) is 0 Å². The first-order valence-corrected chi connectivity index (χ1v) is 9.29. The number of rotatable bonds is 4. The van der Waals surface area contributed by atoms with Crippen molar-refractivity contribution in [3.63, 3.8) is 0 Å². The van der Waals surface area contributed by atoms with Crippen LogP contribution < -0.4 is 4.90 Å². The zero-order valence-electron chi connectivity index (χ0n) is 13.2. The number of hydrogen-bond acceptors (Lipinski definition) is 3. The van der Waals surface area contributed by atoms with Gasteiger partial charge in [-0.05, 0) is 35.9 Å². The molecule has 0 unspecified atom stereocenters. The fourth-order valence-electron chi connectivity index (χ4n) is 2.67. The highest BCUT2D eigenvalue weighted by atomic mass is 32.2. The van der Waals surface area contributed by atoms with Gasteiger partial charge in [-0.15, -0.1) is 0 Å². The first-order valence-electron chi connectivity index (χ1n) is 7.78. The van der Waals surface area contributed by atoms with Crippen LogP contribution in [0, 0.1) is 5.82 Å². The molecule has 4 nitrogen and oxygen atoms in total. The maximum atomic E-state index is 13.0. The second-order valence-corrected chi connectivity index (χ2v) is 7.44. The molecule has 1 heterocycles. The molecule has 1 fully saturated rings. The van der Waals surface area contributed by atoms with E-state index in [-0.39, 0.29) is 5.82 Å². The zero-order valence-corrected chi connectivity index (χ0v) is 14.0. The lowest BCUT2D eigenvalue weighted by molar-refractivity contribution is 0.390. The maximum absolute atomic E-state index is 13.0. The second-order valence-electron chi connectivity index (χ2n) is 5.62. The molecule has 2 aromatic rings. The lowest BCUT2D eigenvalue weighted by atomic mass is 10.2. The van der Waals surface area contributed by atoms with Crippen LogP contribution in [0.1, 0.15) is 5.56 Å². The van der Waals surface area contributed by atoms with Crippen LogP contribution in [0.2, 0.25) is 0 Å². The molecule has 24 heavy (non-hydrogen) atoms. The number of sulfonamides is 1. The van der Waals surface area contributed by atoms with E-state index in [0.29, 0.717) is 26.2 Å². The molecule has 3 rings (SSSR count). The van der Waals surface area contributed by atoms with Crippen molar-refractivity contribution in [3.8, 4) is 0 Å². The van der Waals surface area contributed by atoms with Gasteiger partial charge >= 0.3 is 0 Å². The molecule has 0 N–H and O–H groups in total. The number of nitrogens with zero attached hydrogens (tertiary/aromatic N) is 2. The molecule has 0 aromatic heterocycles. The number of hydrogen-bond donors (Lipinski definition) is 0. The van der Waals surface area contributed by atoms with E-state index >= 15 is 0 Å². The first-order chi connectivity index (χ1) is 11.5. The van der Waals surface area contributed by atoms with E-state index in [4.69, 9.17) is 0 Å². The molecule has 0 radical (unpaired) electrons. The molecule has 1 aliphatic rings. The Kier molecular flexibility index (Phi) is 4.97. The van der Waals surface area contributed by atoms with Crippen LogP contribution >= 0.6 is 0 Å². The Morgan fingerprint density at radius 3 is 2.12 bits per heavy atom. The predicted molar refractivity (Wildman–Crippen MR) is 94.6 cm³/mol. The quantitative estimate of drug-likeness (QED) is 0.855. The number of piperazine rings is 1. The average molecular weight is 346 g/mol. The molecule has 0 amide bonds. The van der Waals surface area contributed by atoms with Crippen LogP contribution in [0.4, 0.5) is 10.1 Å². The summed E-state index contributed by atoms with van der Waals surface area (Å²) in [5.41, 5.74) is 1.76. The summed E-state index contributed by atoms with van der Waals surface area (Å²) in [5.74, 6) is -0.272. The highest BCUT2D eigenvalue weighted by molar-refractivity contribution is 7.92. The predicted octanol–water partition coefficient (Wildman–Crippen LogP) is 2.95. The van der Waals surface area contributed by atoms with Crippen molar-refractivity contribution in [2.24, 2.45) is 0 Å². The monoisotopic (exact) mass is 346 g/mol. The van der Waals surface area contributed by atoms with Crippen molar-refractivity contribution in [2.75, 3.05) is 31.1 Å². The Labute approximate surface area is 141 Å². The molecule has 0 aliphatic carbocycles. The molecule has 0 saturated carbocycles. The van der Waals surface area contributed by atoms with Gasteiger partial charge in [-0.3, -0.25) is 0 Å². The second kappa shape index (κ2) is 7.15. The number of benzene rings is 2. The van der Waals surface area contributed by atoms with Gasteiger partial charge in [0.2, 0.25) is 10.0 Å². The van der Waals surface area contributed by atoms with Crippen LogP contribution in [0.3, 0.4) is 0 Å². The van der Waals surface area contributed by atoms with Crippen LogP contribution in [0.5, 0.6) is 0 Å². The summed E-state index contributed by atoms with van der Waals surface area (Å²) in [4.78, 5) is 2.06. The van der Waals surface area contributed by atoms with Crippen LogP contribution in [-0.4, -0.2) is 38.9 Å². The highest BCUT2D eigenvalue weighted by Crippen LogP contribution is 2.18. The van der Waals surface area contributed by atoms with Gasteiger partial charge in [-0.1, -0.05) is 30.3 Å². The van der Waals surface area contributed by atoms with E-state index in [9.17, 15) is 12.8 Å². The topological polar surface area (TPSA) is 40.6 Å². The third-order valence-corrected chi connectivity index (χ3v) is 5.59. The normalized spacial score (nSPS) is 16.6. The lowest BCUT2D eigenvalue weighted by Gasteiger charge is -2.34. The summed E-state index contributed by atoms with van der Waals surface area (Å²) in [6.45, 7) is 2.01. The van der Waals surface area contributed by atoms with Crippen molar-refractivity contribution in [1.29, 1.82) is 0 Å². The van der Waals surface area contributed by atoms with Crippen molar-refractivity contribution in [1.82, 2.24) is 4.31 Å². The number of anilines is 1. The summed E-state index contributed by atoms with van der Waals surface area (Å²) >= 11 is 0. The Balaban J connectivity index is 1.63. The number of halogens is 1. The van der Waals surface area contributed by atoms with Gasteiger partial charge in [0.25, 0.3) is 0 Å². The lowest BCUT2D eigenvalue weighted by Crippen LogP contribution is -2.48. The standard InChI is InChI=1S/C18H19FN2O2S/c19-17-6-8-18(9-7-17)20-11-13-21(14-12-20)24(22,23)15-10-16-4-2-1-3-5-16/h1-10,15H,11-14H2. The van der Waals surface area contributed by atoms with Crippen molar-refractivity contribution in [3.05, 3.63) is 71.4 Å². The summed E-state index contributed by atoms with van der Waals surface area (Å²) in [6.07, 6.45) is 1.61. The van der Waals surface area contributed by atoms with E-state index in [1.54, 1.807) is 18.2 Å². The Morgan fingerprint density at radius 2 is 1.50 bits per heavy atom. The molecule has 0 atom stereocenters. The van der Waals surface area contributed by atoms with E-state index in [1.807, 2.05) is 30.3 Å². The third kappa shape index (κ3) is 4.01. The molecule has 1 saturated heterocycles. The maximum Gasteiger partial charge on any atom is 0.236 e. The van der Waals surface area contributed by atoms with Crippen molar-refractivity contribution < 1.29 is 12.8 Å². The molecule has 0 bridgehead atoms. The van der Waals surface area contributed by atoms with Crippen LogP contribution in [-0.2, 0) is 10.0 Å². The SMILES string of the molecule is O=S(=O)(C=Cc1ccccc1)N1CCN(c2ccc(F)cc2)CC1. The van der Waals surface area contributed by atoms with Gasteiger partial charge < -0.3 is 4.90 Å². The Bertz CT molecular complexity index is 797. The zero-order chi connectivity index (χ0) is 17.0. The minimum Gasteiger partial charge on any atom is -0.369 e. The van der Waals surface area contributed by atoms with Crippen LogP contribution in [0.25, 0.3) is 6.08 Å². The molecular weight excluding hydrogens is 327 g/mol. The van der Waals surface area contributed by atoms with Gasteiger partial charge in [0.15, 0.2) is 0 Å². The van der Waals surface area contributed by atoms with Crippen molar-refractivity contribution in [2.45, 2.75) is 0 Å². The molecular formula is C18H19FN2O2S. The van der Waals surface area contributed by atoms with E-state index in [2.05, 4.69) is 4.90 Å². The Morgan fingerprint density at radius 1 is 0.875 bits per heavy atom. The van der Waals surface area contributed by atoms with Gasteiger partial charge in [-0.2, -0.15) is 4.31 Å². The summed E-state index contributed by atoms with van der Waals surface area (Å²) in [7, 11) is -3.43. The highest BCUT2D eigenvalue weighted by Gasteiger charge is 2.25. The van der Waals surface area contributed by atoms with E-state index < -0.39 is 10.0 Å². The largest absolute Gasteiger partial charge is 0.369 e. The van der Waals surface area contributed by atoms with E-state index in [0.717, 1.165) is 11.3 Å². The third-order valence-electron chi connectivity index (χ3n) is 4.02. The molecule has 0 spiro atoms. The summed E-state index contributed by atoms with van der Waals surface area (Å²) in [5, 5.41) is 1.26. The molecule has 2 aromatic carbocycles. The van der Waals surface area contributed by atoms with Gasteiger partial charge in [0, 0.05) is 37.3 Å². The first kappa shape index (κ1) is 16.7. The smallest absolute Gasteiger partial charge is 0.236 e. The average Bonchev–Trinajstić information content (AvgIpc) is 2.62. The van der Waals surface area contributed by atoms with Gasteiger partial charge in [0.1, 0.15) is 5.82 Å². The Hall–Kier alpha value is -2.18.